The van der Waals surface area contributed by atoms with Crippen molar-refractivity contribution in [3.63, 3.8) is 0 Å². The van der Waals surface area contributed by atoms with Gasteiger partial charge in [0.15, 0.2) is 0 Å². The zero-order valence-corrected chi connectivity index (χ0v) is 24.3. The van der Waals surface area contributed by atoms with Crippen LogP contribution in [0.5, 0.6) is 0 Å². The van der Waals surface area contributed by atoms with Crippen molar-refractivity contribution in [2.75, 3.05) is 33.2 Å². The third-order valence-electron chi connectivity index (χ3n) is 8.29. The Labute approximate surface area is 250 Å². The molecule has 2 aromatic rings. The SMILES string of the molecule is Cc1cc(F)ccc1C1CN(C2CCN(C(=O)O)CC2)CCC1C(=O)N(C)Cc1cc(C(F)(F)F)cc(C(F)(F)F)c1.Cl. The summed E-state index contributed by atoms with van der Waals surface area (Å²) in [6.07, 6.45) is -9.41. The number of halogens is 8. The van der Waals surface area contributed by atoms with Crippen molar-refractivity contribution in [1.29, 1.82) is 0 Å². The molecule has 6 nitrogen and oxygen atoms in total. The average molecular weight is 640 g/mol. The Morgan fingerprint density at radius 1 is 0.930 bits per heavy atom. The standard InChI is InChI=1S/C29H32F7N3O3.ClH/c1-17-11-21(30)3-4-23(17)25-16-39(22-5-8-38(9-6-22)27(41)42)10-7-24(25)26(40)37(2)15-18-12-19(28(31,32)33)14-20(13-18)29(34,35)36;/h3-4,11-14,22,24-25H,5-10,15-16H2,1-2H3,(H,41,42);1H. The van der Waals surface area contributed by atoms with Gasteiger partial charge < -0.3 is 14.9 Å². The van der Waals surface area contributed by atoms with Crippen molar-refractivity contribution in [1.82, 2.24) is 14.7 Å². The molecule has 0 aliphatic carbocycles. The summed E-state index contributed by atoms with van der Waals surface area (Å²) < 4.78 is 94.2. The fraction of sp³-hybridized carbons (Fsp3) is 0.517. The van der Waals surface area contributed by atoms with E-state index in [4.69, 9.17) is 0 Å². The number of carboxylic acid groups (broad SMARTS) is 1. The lowest BCUT2D eigenvalue weighted by molar-refractivity contribution is -0.143. The second-order valence-electron chi connectivity index (χ2n) is 11.1. The number of carbonyl (C=O) groups is 2. The summed E-state index contributed by atoms with van der Waals surface area (Å²) >= 11 is 0. The highest BCUT2D eigenvalue weighted by atomic mass is 35.5. The van der Waals surface area contributed by atoms with Gasteiger partial charge in [0.1, 0.15) is 5.82 Å². The molecule has 2 aliphatic heterocycles. The van der Waals surface area contributed by atoms with Gasteiger partial charge in [0.25, 0.3) is 0 Å². The number of benzene rings is 2. The number of likely N-dealkylation sites (tertiary alicyclic amines) is 2. The lowest BCUT2D eigenvalue weighted by atomic mass is 9.77. The third kappa shape index (κ3) is 8.11. The minimum atomic E-state index is -5.00. The van der Waals surface area contributed by atoms with Crippen LogP contribution < -0.4 is 0 Å². The van der Waals surface area contributed by atoms with Crippen LogP contribution in [0.1, 0.15) is 53.0 Å². The van der Waals surface area contributed by atoms with E-state index in [1.165, 1.54) is 24.1 Å². The summed E-state index contributed by atoms with van der Waals surface area (Å²) in [6.45, 7) is 2.91. The van der Waals surface area contributed by atoms with Crippen molar-refractivity contribution in [3.05, 3.63) is 70.0 Å². The van der Waals surface area contributed by atoms with Crippen LogP contribution in [0, 0.1) is 18.7 Å². The number of nitrogens with zero attached hydrogens (tertiary/aromatic N) is 3. The molecular weight excluding hydrogens is 607 g/mol. The summed E-state index contributed by atoms with van der Waals surface area (Å²) in [6, 6.07) is 5.61. The first-order valence-electron chi connectivity index (χ1n) is 13.6. The average Bonchev–Trinajstić information content (AvgIpc) is 2.91. The Morgan fingerprint density at radius 2 is 1.51 bits per heavy atom. The molecule has 2 unspecified atom stereocenters. The van der Waals surface area contributed by atoms with Crippen LogP contribution >= 0.6 is 12.4 Å². The number of piperidine rings is 2. The van der Waals surface area contributed by atoms with Crippen LogP contribution in [0.15, 0.2) is 36.4 Å². The first-order chi connectivity index (χ1) is 19.5. The van der Waals surface area contributed by atoms with E-state index >= 15 is 0 Å². The number of hydrogen-bond donors (Lipinski definition) is 1. The fourth-order valence-electron chi connectivity index (χ4n) is 6.14. The summed E-state index contributed by atoms with van der Waals surface area (Å²) in [5.74, 6) is -1.95. The van der Waals surface area contributed by atoms with Gasteiger partial charge in [0, 0.05) is 51.1 Å². The molecule has 2 fully saturated rings. The molecule has 0 saturated carbocycles. The van der Waals surface area contributed by atoms with Gasteiger partial charge in [-0.05, 0) is 79.8 Å². The molecule has 2 heterocycles. The largest absolute Gasteiger partial charge is 0.465 e. The molecule has 0 aromatic heterocycles. The van der Waals surface area contributed by atoms with E-state index in [1.54, 1.807) is 13.0 Å². The molecule has 2 aliphatic rings. The Balaban J connectivity index is 0.00000506. The lowest BCUT2D eigenvalue weighted by Gasteiger charge is -2.45. The smallest absolute Gasteiger partial charge is 0.416 e. The molecule has 4 rings (SSSR count). The predicted octanol–water partition coefficient (Wildman–Crippen LogP) is 6.80. The number of amides is 2. The van der Waals surface area contributed by atoms with Crippen molar-refractivity contribution in [2.24, 2.45) is 5.92 Å². The summed E-state index contributed by atoms with van der Waals surface area (Å²) in [7, 11) is 1.35. The molecule has 0 spiro atoms. The van der Waals surface area contributed by atoms with E-state index in [0.717, 1.165) is 10.5 Å². The molecule has 43 heavy (non-hydrogen) atoms. The molecule has 238 valence electrons. The van der Waals surface area contributed by atoms with Gasteiger partial charge in [-0.2, -0.15) is 26.3 Å². The van der Waals surface area contributed by atoms with E-state index in [0.29, 0.717) is 63.1 Å². The zero-order chi connectivity index (χ0) is 31.0. The van der Waals surface area contributed by atoms with Crippen molar-refractivity contribution < 1.29 is 45.4 Å². The molecule has 0 bridgehead atoms. The van der Waals surface area contributed by atoms with Crippen LogP contribution in [-0.2, 0) is 23.7 Å². The van der Waals surface area contributed by atoms with Gasteiger partial charge in [-0.1, -0.05) is 6.07 Å². The maximum absolute atomic E-state index is 13.9. The van der Waals surface area contributed by atoms with Crippen molar-refractivity contribution in [3.8, 4) is 0 Å². The summed E-state index contributed by atoms with van der Waals surface area (Å²) in [4.78, 5) is 29.7. The van der Waals surface area contributed by atoms with Crippen LogP contribution in [0.4, 0.5) is 35.5 Å². The molecular formula is C29H33ClF7N3O3. The zero-order valence-electron chi connectivity index (χ0n) is 23.5. The number of hydrogen-bond acceptors (Lipinski definition) is 3. The van der Waals surface area contributed by atoms with Crippen LogP contribution in [0.2, 0.25) is 0 Å². The summed E-state index contributed by atoms with van der Waals surface area (Å²) in [5.41, 5.74) is -1.85. The molecule has 2 amide bonds. The van der Waals surface area contributed by atoms with Crippen LogP contribution in [-0.4, -0.2) is 71.1 Å². The first kappa shape index (κ1) is 34.4. The van der Waals surface area contributed by atoms with E-state index in [9.17, 15) is 45.4 Å². The minimum Gasteiger partial charge on any atom is -0.465 e. The highest BCUT2D eigenvalue weighted by molar-refractivity contribution is 5.85. The van der Waals surface area contributed by atoms with E-state index in [2.05, 4.69) is 4.90 Å². The predicted molar refractivity (Wildman–Crippen MR) is 146 cm³/mol. The second kappa shape index (κ2) is 13.3. The van der Waals surface area contributed by atoms with Gasteiger partial charge in [0.05, 0.1) is 11.1 Å². The lowest BCUT2D eigenvalue weighted by Crippen LogP contribution is -2.52. The van der Waals surface area contributed by atoms with E-state index in [-0.39, 0.29) is 30.1 Å². The van der Waals surface area contributed by atoms with Gasteiger partial charge in [-0.15, -0.1) is 12.4 Å². The minimum absolute atomic E-state index is 0. The van der Waals surface area contributed by atoms with Crippen molar-refractivity contribution in [2.45, 2.75) is 57.0 Å². The molecule has 2 atom stereocenters. The second-order valence-corrected chi connectivity index (χ2v) is 11.1. The number of carbonyl (C=O) groups excluding carboxylic acids is 1. The molecule has 2 aromatic carbocycles. The topological polar surface area (TPSA) is 64.1 Å². The van der Waals surface area contributed by atoms with E-state index < -0.39 is 59.7 Å². The number of alkyl halides is 6. The monoisotopic (exact) mass is 639 g/mol. The first-order valence-corrected chi connectivity index (χ1v) is 13.6. The van der Waals surface area contributed by atoms with Gasteiger partial charge >= 0.3 is 18.4 Å². The number of aryl methyl sites for hydroxylation is 1. The van der Waals surface area contributed by atoms with Crippen LogP contribution in [0.3, 0.4) is 0 Å². The highest BCUT2D eigenvalue weighted by Gasteiger charge is 2.41. The highest BCUT2D eigenvalue weighted by Crippen LogP contribution is 2.39. The Morgan fingerprint density at radius 3 is 2.02 bits per heavy atom. The quantitative estimate of drug-likeness (QED) is 0.366. The van der Waals surface area contributed by atoms with Gasteiger partial charge in [-0.3, -0.25) is 9.69 Å². The maximum Gasteiger partial charge on any atom is 0.416 e. The normalized spacial score (nSPS) is 20.4. The third-order valence-corrected chi connectivity index (χ3v) is 8.29. The Hall–Kier alpha value is -3.06. The Bertz CT molecular complexity index is 1280. The molecule has 0 radical (unpaired) electrons. The van der Waals surface area contributed by atoms with Crippen molar-refractivity contribution >= 4 is 24.4 Å². The number of rotatable bonds is 5. The molecule has 1 N–H and O–H groups in total. The fourth-order valence-corrected chi connectivity index (χ4v) is 6.14. The van der Waals surface area contributed by atoms with Gasteiger partial charge in [-0.25, -0.2) is 9.18 Å². The van der Waals surface area contributed by atoms with E-state index in [1.807, 2.05) is 0 Å². The molecule has 2 saturated heterocycles. The van der Waals surface area contributed by atoms with Gasteiger partial charge in [0.2, 0.25) is 5.91 Å². The maximum atomic E-state index is 13.9. The summed E-state index contributed by atoms with van der Waals surface area (Å²) in [5, 5.41) is 9.27. The van der Waals surface area contributed by atoms with Crippen LogP contribution in [0.25, 0.3) is 0 Å². The Kier molecular flexibility index (Phi) is 10.6. The molecule has 14 heteroatoms.